The van der Waals surface area contributed by atoms with Gasteiger partial charge in [0.25, 0.3) is 0 Å². The summed E-state index contributed by atoms with van der Waals surface area (Å²) in [6.45, 7) is -0.597. The molecular weight excluding hydrogens is 501 g/mol. The highest BCUT2D eigenvalue weighted by atomic mass is 32.2. The van der Waals surface area contributed by atoms with Crippen molar-refractivity contribution in [1.29, 1.82) is 0 Å². The zero-order chi connectivity index (χ0) is 25.4. The summed E-state index contributed by atoms with van der Waals surface area (Å²) in [5.74, 6) is -5.81. The third-order valence-corrected chi connectivity index (χ3v) is 6.30. The number of nitrogens with zero attached hydrogens (tertiary/aromatic N) is 7. The predicted octanol–water partition coefficient (Wildman–Crippen LogP) is 3.01. The quantitative estimate of drug-likeness (QED) is 0.342. The van der Waals surface area contributed by atoms with Crippen LogP contribution in [0.4, 0.5) is 22.0 Å². The molecular formula is C19H14F5N7O3S. The number of hydrogen-bond donors (Lipinski definition) is 0. The van der Waals surface area contributed by atoms with Gasteiger partial charge in [-0.3, -0.25) is 0 Å². The first kappa shape index (κ1) is 24.3. The summed E-state index contributed by atoms with van der Waals surface area (Å²) in [5.41, 5.74) is 0.232. The summed E-state index contributed by atoms with van der Waals surface area (Å²) in [6, 6.07) is 5.23. The monoisotopic (exact) mass is 515 g/mol. The Morgan fingerprint density at radius 2 is 1.69 bits per heavy atom. The minimum absolute atomic E-state index is 0.0496. The highest BCUT2D eigenvalue weighted by molar-refractivity contribution is 7.91. The van der Waals surface area contributed by atoms with Crippen LogP contribution < -0.4 is 4.74 Å². The molecule has 35 heavy (non-hydrogen) atoms. The van der Waals surface area contributed by atoms with Gasteiger partial charge >= 0.3 is 12.1 Å². The highest BCUT2D eigenvalue weighted by Gasteiger charge is 2.58. The standard InChI is InChI=1S/C19H14F5N7O3S/c1-2-35(32,33)17-14(11-4-5-13(29-28-11)34-10-18(20,21)19(22,23)24)16-27-9-6-12(31(16)30-17)15-25-7-3-8-26-15/h3-9H,2,10H2,1H3. The molecule has 4 aromatic heterocycles. The number of ether oxygens (including phenoxy) is 1. The van der Waals surface area contributed by atoms with E-state index in [9.17, 15) is 30.4 Å². The van der Waals surface area contributed by atoms with E-state index >= 15 is 0 Å². The van der Waals surface area contributed by atoms with Crippen LogP contribution in [-0.2, 0) is 9.84 Å². The maximum atomic E-state index is 13.1. The molecule has 0 unspecified atom stereocenters. The third kappa shape index (κ3) is 4.60. The van der Waals surface area contributed by atoms with Gasteiger partial charge in [0.1, 0.15) is 11.4 Å². The van der Waals surface area contributed by atoms with Crippen LogP contribution in [0.3, 0.4) is 0 Å². The van der Waals surface area contributed by atoms with Gasteiger partial charge in [-0.1, -0.05) is 6.92 Å². The Balaban J connectivity index is 1.79. The second kappa shape index (κ2) is 8.75. The molecule has 4 rings (SSSR count). The molecule has 0 aromatic carbocycles. The van der Waals surface area contributed by atoms with Gasteiger partial charge in [-0.2, -0.15) is 27.1 Å². The molecule has 0 spiro atoms. The van der Waals surface area contributed by atoms with E-state index in [1.54, 1.807) is 6.07 Å². The number of hydrogen-bond acceptors (Lipinski definition) is 9. The minimum atomic E-state index is -5.80. The molecule has 0 fully saturated rings. The fourth-order valence-electron chi connectivity index (χ4n) is 2.88. The van der Waals surface area contributed by atoms with Gasteiger partial charge < -0.3 is 4.74 Å². The molecule has 4 heterocycles. The van der Waals surface area contributed by atoms with Crippen LogP contribution in [0, 0.1) is 0 Å². The summed E-state index contributed by atoms with van der Waals surface area (Å²) in [4.78, 5) is 12.4. The van der Waals surface area contributed by atoms with Crippen molar-refractivity contribution in [1.82, 2.24) is 34.8 Å². The van der Waals surface area contributed by atoms with Crippen LogP contribution in [0.25, 0.3) is 28.4 Å². The van der Waals surface area contributed by atoms with E-state index in [1.165, 1.54) is 36.1 Å². The molecule has 0 aliphatic rings. The fraction of sp³-hybridized carbons (Fsp3) is 0.263. The lowest BCUT2D eigenvalue weighted by Crippen LogP contribution is -2.41. The molecule has 0 radical (unpaired) electrons. The molecule has 4 aromatic rings. The molecule has 0 saturated heterocycles. The van der Waals surface area contributed by atoms with Gasteiger partial charge in [0.15, 0.2) is 32.9 Å². The van der Waals surface area contributed by atoms with Crippen molar-refractivity contribution in [3.8, 4) is 28.7 Å². The number of rotatable bonds is 7. The molecule has 0 saturated carbocycles. The van der Waals surface area contributed by atoms with Gasteiger partial charge in [-0.05, 0) is 18.2 Å². The van der Waals surface area contributed by atoms with Gasteiger partial charge in [0, 0.05) is 24.7 Å². The third-order valence-electron chi connectivity index (χ3n) is 4.67. The van der Waals surface area contributed by atoms with E-state index in [0.717, 1.165) is 12.1 Å². The van der Waals surface area contributed by atoms with E-state index in [-0.39, 0.29) is 33.5 Å². The lowest BCUT2D eigenvalue weighted by atomic mass is 10.2. The van der Waals surface area contributed by atoms with Crippen molar-refractivity contribution in [3.05, 3.63) is 42.9 Å². The second-order valence-electron chi connectivity index (χ2n) is 6.97. The normalized spacial score (nSPS) is 12.7. The van der Waals surface area contributed by atoms with Crippen molar-refractivity contribution >= 4 is 15.5 Å². The summed E-state index contributed by atoms with van der Waals surface area (Å²) < 4.78 is 94.4. The van der Waals surface area contributed by atoms with Crippen molar-refractivity contribution in [2.24, 2.45) is 0 Å². The Morgan fingerprint density at radius 1 is 0.971 bits per heavy atom. The molecule has 0 bridgehead atoms. The summed E-state index contributed by atoms with van der Waals surface area (Å²) in [7, 11) is -3.93. The average molecular weight is 515 g/mol. The average Bonchev–Trinajstić information content (AvgIpc) is 3.24. The Morgan fingerprint density at radius 3 is 2.29 bits per heavy atom. The molecule has 16 heteroatoms. The van der Waals surface area contributed by atoms with Gasteiger partial charge in [-0.15, -0.1) is 10.2 Å². The number of fused-ring (bicyclic) bond motifs is 1. The molecule has 0 amide bonds. The number of sulfone groups is 1. The molecule has 10 nitrogen and oxygen atoms in total. The Bertz CT molecular complexity index is 1460. The lowest BCUT2D eigenvalue weighted by molar-refractivity contribution is -0.290. The largest absolute Gasteiger partial charge is 0.470 e. The van der Waals surface area contributed by atoms with Crippen molar-refractivity contribution in [2.45, 2.75) is 24.0 Å². The van der Waals surface area contributed by atoms with Crippen LogP contribution in [0.1, 0.15) is 6.92 Å². The summed E-state index contributed by atoms with van der Waals surface area (Å²) in [5, 5.41) is 11.1. The maximum Gasteiger partial charge on any atom is 0.456 e. The predicted molar refractivity (Wildman–Crippen MR) is 109 cm³/mol. The molecule has 0 N–H and O–H groups in total. The van der Waals surface area contributed by atoms with E-state index in [2.05, 4.69) is 35.0 Å². The van der Waals surface area contributed by atoms with E-state index in [0.29, 0.717) is 5.69 Å². The Hall–Kier alpha value is -3.82. The Labute approximate surface area is 193 Å². The van der Waals surface area contributed by atoms with Gasteiger partial charge in [0.2, 0.25) is 5.88 Å². The van der Waals surface area contributed by atoms with Crippen LogP contribution >= 0.6 is 0 Å². The number of aromatic nitrogens is 7. The van der Waals surface area contributed by atoms with Crippen LogP contribution in [0.15, 0.2) is 47.9 Å². The first-order valence-electron chi connectivity index (χ1n) is 9.74. The summed E-state index contributed by atoms with van der Waals surface area (Å²) in [6.07, 6.45) is -1.46. The molecule has 184 valence electrons. The SMILES string of the molecule is CCS(=O)(=O)c1nn2c(-c3ncccn3)ccnc2c1-c1ccc(OCC(F)(F)C(F)(F)F)nn1. The summed E-state index contributed by atoms with van der Waals surface area (Å²) >= 11 is 0. The van der Waals surface area contributed by atoms with Crippen LogP contribution in [0.5, 0.6) is 5.88 Å². The molecule has 0 aliphatic carbocycles. The van der Waals surface area contributed by atoms with Crippen LogP contribution in [-0.4, -0.2) is 67.6 Å². The zero-order valence-corrected chi connectivity index (χ0v) is 18.4. The minimum Gasteiger partial charge on any atom is -0.470 e. The number of alkyl halides is 5. The Kier molecular flexibility index (Phi) is 6.08. The first-order valence-corrected chi connectivity index (χ1v) is 11.4. The first-order chi connectivity index (χ1) is 16.4. The second-order valence-corrected chi connectivity index (χ2v) is 9.16. The molecule has 0 aliphatic heterocycles. The topological polar surface area (TPSA) is 125 Å². The fourth-order valence-corrected chi connectivity index (χ4v) is 3.87. The van der Waals surface area contributed by atoms with E-state index in [4.69, 9.17) is 0 Å². The number of halogens is 5. The highest BCUT2D eigenvalue weighted by Crippen LogP contribution is 2.36. The van der Waals surface area contributed by atoms with Gasteiger partial charge in [0.05, 0.1) is 11.3 Å². The lowest BCUT2D eigenvalue weighted by Gasteiger charge is -2.19. The van der Waals surface area contributed by atoms with Crippen LogP contribution in [0.2, 0.25) is 0 Å². The van der Waals surface area contributed by atoms with E-state index < -0.39 is 34.4 Å². The zero-order valence-electron chi connectivity index (χ0n) is 17.6. The maximum absolute atomic E-state index is 13.1. The van der Waals surface area contributed by atoms with Gasteiger partial charge in [-0.25, -0.2) is 27.9 Å². The molecule has 0 atom stereocenters. The smallest absolute Gasteiger partial charge is 0.456 e. The van der Waals surface area contributed by atoms with Crippen molar-refractivity contribution in [3.63, 3.8) is 0 Å². The van der Waals surface area contributed by atoms with Crippen molar-refractivity contribution < 1.29 is 35.1 Å². The van der Waals surface area contributed by atoms with Crippen molar-refractivity contribution in [2.75, 3.05) is 12.4 Å². The van der Waals surface area contributed by atoms with E-state index in [1.807, 2.05) is 0 Å².